The maximum Gasteiger partial charge on any atom is 0.168 e. The molecule has 0 spiro atoms. The lowest BCUT2D eigenvalue weighted by molar-refractivity contribution is 0.379. The summed E-state index contributed by atoms with van der Waals surface area (Å²) in [7, 11) is 1.37. The van der Waals surface area contributed by atoms with Gasteiger partial charge in [0.05, 0.1) is 7.11 Å². The quantitative estimate of drug-likeness (QED) is 0.665. The Hall–Kier alpha value is -1.38. The number of ether oxygens (including phenoxy) is 1. The van der Waals surface area contributed by atoms with Crippen LogP contribution in [-0.4, -0.2) is 7.11 Å². The van der Waals surface area contributed by atoms with Gasteiger partial charge in [0.2, 0.25) is 0 Å². The number of methoxy groups -OCH3 is 1. The van der Waals surface area contributed by atoms with E-state index >= 15 is 0 Å². The number of hydrogen-bond donors (Lipinski definition) is 0. The molecule has 1 aromatic rings. The first kappa shape index (κ1) is 12.6. The summed E-state index contributed by atoms with van der Waals surface area (Å²) in [5, 5.41) is 0. The van der Waals surface area contributed by atoms with Gasteiger partial charge in [-0.25, -0.2) is 8.78 Å². The van der Waals surface area contributed by atoms with Gasteiger partial charge in [0, 0.05) is 6.07 Å². The Morgan fingerprint density at radius 1 is 1.29 bits per heavy atom. The lowest BCUT2D eigenvalue weighted by atomic mass is 10.1. The Balaban J connectivity index is 0.000000791. The van der Waals surface area contributed by atoms with Crippen molar-refractivity contribution in [3.05, 3.63) is 42.5 Å². The highest BCUT2D eigenvalue weighted by Crippen LogP contribution is 2.23. The largest absolute Gasteiger partial charge is 0.493 e. The van der Waals surface area contributed by atoms with E-state index < -0.39 is 11.6 Å². The molecule has 0 amide bonds. The molecule has 0 heterocycles. The van der Waals surface area contributed by atoms with Crippen molar-refractivity contribution in [2.45, 2.75) is 13.3 Å². The highest BCUT2D eigenvalue weighted by Gasteiger charge is 2.09. The van der Waals surface area contributed by atoms with Gasteiger partial charge in [-0.15, -0.1) is 13.2 Å². The Morgan fingerprint density at radius 2 is 1.86 bits per heavy atom. The smallest absolute Gasteiger partial charge is 0.168 e. The fraction of sp³-hybridized carbons (Fsp3) is 0.273. The Morgan fingerprint density at radius 3 is 2.29 bits per heavy atom. The van der Waals surface area contributed by atoms with Gasteiger partial charge < -0.3 is 4.74 Å². The van der Waals surface area contributed by atoms with Crippen LogP contribution in [0.5, 0.6) is 5.75 Å². The van der Waals surface area contributed by atoms with Crippen LogP contribution in [0.1, 0.15) is 12.5 Å². The molecule has 3 heteroatoms. The summed E-state index contributed by atoms with van der Waals surface area (Å²) in [6.45, 7) is 7.82. The van der Waals surface area contributed by atoms with Crippen LogP contribution in [0.2, 0.25) is 0 Å². The van der Waals surface area contributed by atoms with Crippen LogP contribution < -0.4 is 4.74 Å². The molecule has 0 unspecified atom stereocenters. The lowest BCUT2D eigenvalue weighted by Crippen LogP contribution is -1.95. The summed E-state index contributed by atoms with van der Waals surface area (Å²) >= 11 is 0. The summed E-state index contributed by atoms with van der Waals surface area (Å²) in [6, 6.07) is 2.10. The molecular formula is C11H14F2O. The van der Waals surface area contributed by atoms with Crippen molar-refractivity contribution in [1.29, 1.82) is 0 Å². The third-order valence-electron chi connectivity index (χ3n) is 1.67. The van der Waals surface area contributed by atoms with Gasteiger partial charge in [-0.05, 0) is 18.1 Å². The molecule has 0 aliphatic carbocycles. The molecule has 0 aliphatic heterocycles. The molecule has 78 valence electrons. The first-order valence-electron chi connectivity index (χ1n) is 4.21. The Bertz CT molecular complexity index is 298. The third-order valence-corrected chi connectivity index (χ3v) is 1.67. The summed E-state index contributed by atoms with van der Waals surface area (Å²) < 4.78 is 30.3. The minimum absolute atomic E-state index is 0.138. The molecule has 14 heavy (non-hydrogen) atoms. The van der Waals surface area contributed by atoms with E-state index in [0.717, 1.165) is 6.07 Å². The Kier molecular flexibility index (Phi) is 5.53. The Labute approximate surface area is 83.0 Å². The average Bonchev–Trinajstić information content (AvgIpc) is 2.19. The zero-order chi connectivity index (χ0) is 11.1. The van der Waals surface area contributed by atoms with Crippen LogP contribution >= 0.6 is 0 Å². The monoisotopic (exact) mass is 200 g/mol. The number of rotatable bonds is 2. The minimum atomic E-state index is -0.644. The highest BCUT2D eigenvalue weighted by atomic mass is 19.1. The van der Waals surface area contributed by atoms with Crippen LogP contribution in [0.25, 0.3) is 0 Å². The van der Waals surface area contributed by atoms with E-state index in [4.69, 9.17) is 4.74 Å². The normalized spacial score (nSPS) is 8.86. The highest BCUT2D eigenvalue weighted by molar-refractivity contribution is 5.35. The SMILES string of the molecule is C=C.CCc1cc(F)cc(F)c1OC. The number of aryl methyl sites for hydroxylation is 1. The molecule has 0 saturated carbocycles. The van der Waals surface area contributed by atoms with E-state index in [-0.39, 0.29) is 5.75 Å². The molecule has 0 atom stereocenters. The maximum absolute atomic E-state index is 12.9. The van der Waals surface area contributed by atoms with E-state index in [1.165, 1.54) is 13.2 Å². The van der Waals surface area contributed by atoms with Crippen molar-refractivity contribution >= 4 is 0 Å². The predicted molar refractivity (Wildman–Crippen MR) is 53.5 cm³/mol. The molecule has 0 bridgehead atoms. The fourth-order valence-corrected chi connectivity index (χ4v) is 1.10. The summed E-state index contributed by atoms with van der Waals surface area (Å²) in [5.41, 5.74) is 0.551. The molecule has 0 aromatic heterocycles. The second-order valence-corrected chi connectivity index (χ2v) is 2.43. The summed E-state index contributed by atoms with van der Waals surface area (Å²) in [5.74, 6) is -1.07. The van der Waals surface area contributed by atoms with Crippen molar-refractivity contribution in [2.75, 3.05) is 7.11 Å². The van der Waals surface area contributed by atoms with Gasteiger partial charge in [0.1, 0.15) is 5.82 Å². The van der Waals surface area contributed by atoms with E-state index in [9.17, 15) is 8.78 Å². The van der Waals surface area contributed by atoms with E-state index in [1.54, 1.807) is 0 Å². The fourth-order valence-electron chi connectivity index (χ4n) is 1.10. The van der Waals surface area contributed by atoms with Gasteiger partial charge in [-0.3, -0.25) is 0 Å². The second-order valence-electron chi connectivity index (χ2n) is 2.43. The first-order valence-corrected chi connectivity index (χ1v) is 4.21. The maximum atomic E-state index is 12.9. The van der Waals surface area contributed by atoms with Crippen molar-refractivity contribution in [3.8, 4) is 5.75 Å². The van der Waals surface area contributed by atoms with Crippen LogP contribution in [0.3, 0.4) is 0 Å². The first-order chi connectivity index (χ1) is 6.69. The summed E-state index contributed by atoms with van der Waals surface area (Å²) in [4.78, 5) is 0. The number of benzene rings is 1. The van der Waals surface area contributed by atoms with E-state index in [0.29, 0.717) is 12.0 Å². The van der Waals surface area contributed by atoms with Crippen LogP contribution in [-0.2, 0) is 6.42 Å². The third kappa shape index (κ3) is 2.83. The molecule has 1 aromatic carbocycles. The topological polar surface area (TPSA) is 9.23 Å². The zero-order valence-corrected chi connectivity index (χ0v) is 8.44. The van der Waals surface area contributed by atoms with Gasteiger partial charge in [0.25, 0.3) is 0 Å². The van der Waals surface area contributed by atoms with Crippen LogP contribution in [0, 0.1) is 11.6 Å². The van der Waals surface area contributed by atoms with Crippen molar-refractivity contribution in [3.63, 3.8) is 0 Å². The van der Waals surface area contributed by atoms with Crippen molar-refractivity contribution < 1.29 is 13.5 Å². The van der Waals surface area contributed by atoms with Gasteiger partial charge in [-0.2, -0.15) is 0 Å². The lowest BCUT2D eigenvalue weighted by Gasteiger charge is -2.07. The molecular weight excluding hydrogens is 186 g/mol. The van der Waals surface area contributed by atoms with Gasteiger partial charge >= 0.3 is 0 Å². The molecule has 1 nitrogen and oxygen atoms in total. The molecule has 1 rings (SSSR count). The minimum Gasteiger partial charge on any atom is -0.493 e. The van der Waals surface area contributed by atoms with E-state index in [2.05, 4.69) is 13.2 Å². The summed E-state index contributed by atoms with van der Waals surface area (Å²) in [6.07, 6.45) is 0.553. The second kappa shape index (κ2) is 6.13. The predicted octanol–water partition coefficient (Wildman–Crippen LogP) is 3.34. The molecule has 0 saturated heterocycles. The molecule has 0 fully saturated rings. The van der Waals surface area contributed by atoms with E-state index in [1.807, 2.05) is 6.92 Å². The van der Waals surface area contributed by atoms with Crippen molar-refractivity contribution in [2.24, 2.45) is 0 Å². The molecule has 0 aliphatic rings. The van der Waals surface area contributed by atoms with Gasteiger partial charge in [-0.1, -0.05) is 6.92 Å². The van der Waals surface area contributed by atoms with Crippen molar-refractivity contribution in [1.82, 2.24) is 0 Å². The average molecular weight is 200 g/mol. The van der Waals surface area contributed by atoms with Crippen LogP contribution in [0.15, 0.2) is 25.3 Å². The molecule has 0 radical (unpaired) electrons. The van der Waals surface area contributed by atoms with Crippen LogP contribution in [0.4, 0.5) is 8.78 Å². The molecule has 0 N–H and O–H groups in total. The van der Waals surface area contributed by atoms with Gasteiger partial charge in [0.15, 0.2) is 11.6 Å². The number of halogens is 2. The standard InChI is InChI=1S/C9H10F2O.C2H4/c1-3-6-4-7(10)5-8(11)9(6)12-2;1-2/h4-5H,3H2,1-2H3;1-2H2. The number of hydrogen-bond acceptors (Lipinski definition) is 1. The zero-order valence-electron chi connectivity index (χ0n) is 8.44.